The number of carbonyl (C=O) groups excluding carboxylic acids is 1. The number of carbonyl (C=O) groups is 1. The molecule has 1 aliphatic rings. The molecule has 114 valence electrons. The molecule has 1 aromatic carbocycles. The fourth-order valence-corrected chi connectivity index (χ4v) is 2.11. The molecule has 0 aliphatic carbocycles. The van der Waals surface area contributed by atoms with E-state index in [0.717, 1.165) is 17.9 Å². The van der Waals surface area contributed by atoms with Crippen molar-refractivity contribution in [2.45, 2.75) is 13.3 Å². The lowest BCUT2D eigenvalue weighted by molar-refractivity contribution is -0.111. The van der Waals surface area contributed by atoms with Crippen LogP contribution in [0.5, 0.6) is 11.5 Å². The Morgan fingerprint density at radius 2 is 2.18 bits per heavy atom. The van der Waals surface area contributed by atoms with Crippen molar-refractivity contribution in [1.82, 2.24) is 9.97 Å². The van der Waals surface area contributed by atoms with Crippen molar-refractivity contribution >= 4 is 17.7 Å². The van der Waals surface area contributed by atoms with Crippen molar-refractivity contribution in [2.24, 2.45) is 0 Å². The zero-order chi connectivity index (χ0) is 15.4. The third kappa shape index (κ3) is 3.28. The number of imidazole rings is 1. The van der Waals surface area contributed by atoms with Crippen LogP contribution in [0.2, 0.25) is 0 Å². The molecule has 22 heavy (non-hydrogen) atoms. The first-order valence-electron chi connectivity index (χ1n) is 7.17. The molecule has 3 rings (SSSR count). The maximum absolute atomic E-state index is 11.9. The third-order valence-electron chi connectivity index (χ3n) is 3.21. The number of amides is 1. The predicted octanol–water partition coefficient (Wildman–Crippen LogP) is 2.40. The van der Waals surface area contributed by atoms with E-state index in [9.17, 15) is 4.79 Å². The van der Waals surface area contributed by atoms with E-state index < -0.39 is 0 Å². The highest BCUT2D eigenvalue weighted by atomic mass is 16.6. The second-order valence-electron chi connectivity index (χ2n) is 4.82. The smallest absolute Gasteiger partial charge is 0.248 e. The molecule has 1 aromatic heterocycles. The summed E-state index contributed by atoms with van der Waals surface area (Å²) in [4.78, 5) is 19.2. The number of H-pyrrole nitrogens is 1. The molecule has 1 aliphatic heterocycles. The number of aromatic nitrogens is 2. The Bertz CT molecular complexity index is 706. The fourth-order valence-electron chi connectivity index (χ4n) is 2.11. The Labute approximate surface area is 128 Å². The lowest BCUT2D eigenvalue weighted by atomic mass is 10.2. The van der Waals surface area contributed by atoms with E-state index in [-0.39, 0.29) is 5.91 Å². The normalized spacial score (nSPS) is 13.3. The van der Waals surface area contributed by atoms with Gasteiger partial charge < -0.3 is 19.8 Å². The van der Waals surface area contributed by atoms with Gasteiger partial charge in [0.05, 0.1) is 11.9 Å². The average molecular weight is 299 g/mol. The van der Waals surface area contributed by atoms with Crippen LogP contribution in [-0.4, -0.2) is 29.1 Å². The number of fused-ring (bicyclic) bond motifs is 1. The van der Waals surface area contributed by atoms with Gasteiger partial charge in [0.2, 0.25) is 5.91 Å². The molecule has 6 nitrogen and oxygen atoms in total. The second kappa shape index (κ2) is 6.34. The SMILES string of the molecule is CCc1ncc(C=CC(=O)Nc2ccc3c(c2)OCCO3)[nH]1. The standard InChI is InChI=1S/C16H17N3O3/c1-2-15-17-10-12(18-15)4-6-16(20)19-11-3-5-13-14(9-11)22-8-7-21-13/h3-6,9-10H,2,7-8H2,1H3,(H,17,18)(H,19,20). The zero-order valence-corrected chi connectivity index (χ0v) is 12.3. The first-order chi connectivity index (χ1) is 10.7. The molecular weight excluding hydrogens is 282 g/mol. The molecule has 2 N–H and O–H groups in total. The topological polar surface area (TPSA) is 76.2 Å². The van der Waals surface area contributed by atoms with Gasteiger partial charge in [-0.2, -0.15) is 0 Å². The van der Waals surface area contributed by atoms with Gasteiger partial charge in [0.1, 0.15) is 19.0 Å². The van der Waals surface area contributed by atoms with Gasteiger partial charge in [0.15, 0.2) is 11.5 Å². The number of rotatable bonds is 4. The van der Waals surface area contributed by atoms with Crippen LogP contribution in [-0.2, 0) is 11.2 Å². The molecule has 6 heteroatoms. The fraction of sp³-hybridized carbons (Fsp3) is 0.250. The van der Waals surface area contributed by atoms with E-state index in [0.29, 0.717) is 30.4 Å². The van der Waals surface area contributed by atoms with E-state index in [4.69, 9.17) is 9.47 Å². The summed E-state index contributed by atoms with van der Waals surface area (Å²) in [5.74, 6) is 2.02. The molecule has 2 heterocycles. The molecule has 0 radical (unpaired) electrons. The summed E-state index contributed by atoms with van der Waals surface area (Å²) in [6.07, 6.45) is 5.69. The maximum Gasteiger partial charge on any atom is 0.248 e. The highest BCUT2D eigenvalue weighted by Gasteiger charge is 2.12. The van der Waals surface area contributed by atoms with E-state index in [2.05, 4.69) is 15.3 Å². The number of hydrogen-bond acceptors (Lipinski definition) is 4. The van der Waals surface area contributed by atoms with Gasteiger partial charge in [-0.25, -0.2) is 4.98 Å². The van der Waals surface area contributed by atoms with Crippen molar-refractivity contribution in [3.05, 3.63) is 42.0 Å². The van der Waals surface area contributed by atoms with Gasteiger partial charge in [0, 0.05) is 24.3 Å². The minimum Gasteiger partial charge on any atom is -0.486 e. The number of benzene rings is 1. The minimum atomic E-state index is -0.218. The predicted molar refractivity (Wildman–Crippen MR) is 83.1 cm³/mol. The zero-order valence-electron chi connectivity index (χ0n) is 12.3. The summed E-state index contributed by atoms with van der Waals surface area (Å²) < 4.78 is 10.9. The van der Waals surface area contributed by atoms with E-state index in [1.165, 1.54) is 6.08 Å². The second-order valence-corrected chi connectivity index (χ2v) is 4.82. The number of nitrogens with one attached hydrogen (secondary N) is 2. The number of hydrogen-bond donors (Lipinski definition) is 2. The largest absolute Gasteiger partial charge is 0.486 e. The summed E-state index contributed by atoms with van der Waals surface area (Å²) in [7, 11) is 0. The van der Waals surface area contributed by atoms with Crippen molar-refractivity contribution in [3.8, 4) is 11.5 Å². The van der Waals surface area contributed by atoms with Crippen LogP contribution < -0.4 is 14.8 Å². The minimum absolute atomic E-state index is 0.218. The molecule has 0 unspecified atom stereocenters. The van der Waals surface area contributed by atoms with Crippen LogP contribution in [0, 0.1) is 0 Å². The van der Waals surface area contributed by atoms with E-state index in [1.54, 1.807) is 30.5 Å². The van der Waals surface area contributed by atoms with Crippen LogP contribution in [0.1, 0.15) is 18.4 Å². The molecule has 0 atom stereocenters. The van der Waals surface area contributed by atoms with Gasteiger partial charge in [-0.05, 0) is 18.2 Å². The number of anilines is 1. The van der Waals surface area contributed by atoms with Gasteiger partial charge >= 0.3 is 0 Å². The molecule has 0 saturated carbocycles. The lowest BCUT2D eigenvalue weighted by Gasteiger charge is -2.18. The first-order valence-corrected chi connectivity index (χ1v) is 7.17. The van der Waals surface area contributed by atoms with Gasteiger partial charge in [-0.1, -0.05) is 6.92 Å². The molecule has 0 saturated heterocycles. The molecular formula is C16H17N3O3. The van der Waals surface area contributed by atoms with Crippen LogP contribution >= 0.6 is 0 Å². The summed E-state index contributed by atoms with van der Waals surface area (Å²) in [5.41, 5.74) is 1.46. The van der Waals surface area contributed by atoms with Crippen LogP contribution in [0.4, 0.5) is 5.69 Å². The van der Waals surface area contributed by atoms with Crippen molar-refractivity contribution in [2.75, 3.05) is 18.5 Å². The summed E-state index contributed by atoms with van der Waals surface area (Å²) >= 11 is 0. The van der Waals surface area contributed by atoms with Crippen LogP contribution in [0.15, 0.2) is 30.5 Å². The highest BCUT2D eigenvalue weighted by Crippen LogP contribution is 2.32. The average Bonchev–Trinajstić information content (AvgIpc) is 3.01. The third-order valence-corrected chi connectivity index (χ3v) is 3.21. The summed E-state index contributed by atoms with van der Waals surface area (Å²) in [5, 5.41) is 2.79. The Morgan fingerprint density at radius 3 is 2.95 bits per heavy atom. The summed E-state index contributed by atoms with van der Waals surface area (Å²) in [6.45, 7) is 3.08. The monoisotopic (exact) mass is 299 g/mol. The number of aryl methyl sites for hydroxylation is 1. The van der Waals surface area contributed by atoms with E-state index in [1.807, 2.05) is 6.92 Å². The number of aromatic amines is 1. The first kappa shape index (κ1) is 14.2. The molecule has 1 amide bonds. The van der Waals surface area contributed by atoms with Crippen LogP contribution in [0.3, 0.4) is 0 Å². The van der Waals surface area contributed by atoms with Crippen molar-refractivity contribution in [1.29, 1.82) is 0 Å². The van der Waals surface area contributed by atoms with Gasteiger partial charge in [0.25, 0.3) is 0 Å². The number of ether oxygens (including phenoxy) is 2. The Morgan fingerprint density at radius 1 is 1.36 bits per heavy atom. The lowest BCUT2D eigenvalue weighted by Crippen LogP contribution is -2.16. The Hall–Kier alpha value is -2.76. The maximum atomic E-state index is 11.9. The number of nitrogens with zero attached hydrogens (tertiary/aromatic N) is 1. The molecule has 0 bridgehead atoms. The quantitative estimate of drug-likeness (QED) is 0.850. The van der Waals surface area contributed by atoms with Gasteiger partial charge in [-0.3, -0.25) is 4.79 Å². The van der Waals surface area contributed by atoms with Crippen molar-refractivity contribution < 1.29 is 14.3 Å². The highest BCUT2D eigenvalue weighted by molar-refractivity contribution is 6.01. The van der Waals surface area contributed by atoms with Gasteiger partial charge in [-0.15, -0.1) is 0 Å². The summed E-state index contributed by atoms with van der Waals surface area (Å²) in [6, 6.07) is 5.33. The Balaban J connectivity index is 1.64. The molecule has 0 spiro atoms. The molecule has 2 aromatic rings. The van der Waals surface area contributed by atoms with Crippen molar-refractivity contribution in [3.63, 3.8) is 0 Å². The Kier molecular flexibility index (Phi) is 4.09. The van der Waals surface area contributed by atoms with E-state index >= 15 is 0 Å². The van der Waals surface area contributed by atoms with Crippen LogP contribution in [0.25, 0.3) is 6.08 Å². The molecule has 0 fully saturated rings.